The molecule has 0 saturated heterocycles. The van der Waals surface area contributed by atoms with Gasteiger partial charge in [-0.15, -0.1) is 11.8 Å². The topological polar surface area (TPSA) is 66.4 Å². The molecule has 2 rings (SSSR count). The number of rotatable bonds is 5. The molecule has 21 heavy (non-hydrogen) atoms. The summed E-state index contributed by atoms with van der Waals surface area (Å²) in [5.74, 6) is 0. The molecule has 0 bridgehead atoms. The molecule has 0 amide bonds. The molecular formula is C15H17NO3S2. The first-order chi connectivity index (χ1) is 9.97. The van der Waals surface area contributed by atoms with Crippen molar-refractivity contribution in [2.75, 3.05) is 11.0 Å². The van der Waals surface area contributed by atoms with E-state index in [0.717, 1.165) is 4.90 Å². The molecule has 0 aliphatic heterocycles. The minimum atomic E-state index is -3.67. The van der Waals surface area contributed by atoms with Gasteiger partial charge in [0.2, 0.25) is 0 Å². The normalized spacial score (nSPS) is 11.4. The summed E-state index contributed by atoms with van der Waals surface area (Å²) in [6.07, 6.45) is 1.93. The molecule has 0 atom stereocenters. The molecule has 2 aromatic rings. The van der Waals surface area contributed by atoms with Crippen LogP contribution in [-0.2, 0) is 16.6 Å². The van der Waals surface area contributed by atoms with Crippen LogP contribution in [0.2, 0.25) is 0 Å². The number of anilines is 1. The van der Waals surface area contributed by atoms with E-state index in [-0.39, 0.29) is 11.5 Å². The van der Waals surface area contributed by atoms with Crippen LogP contribution < -0.4 is 4.72 Å². The predicted octanol–water partition coefficient (Wildman–Crippen LogP) is 3.01. The van der Waals surface area contributed by atoms with E-state index in [4.69, 9.17) is 0 Å². The number of hydrogen-bond donors (Lipinski definition) is 2. The summed E-state index contributed by atoms with van der Waals surface area (Å²) in [4.78, 5) is 1.17. The predicted molar refractivity (Wildman–Crippen MR) is 86.1 cm³/mol. The second-order valence-corrected chi connectivity index (χ2v) is 7.07. The van der Waals surface area contributed by atoms with Crippen LogP contribution in [0.3, 0.4) is 0 Å². The summed E-state index contributed by atoms with van der Waals surface area (Å²) in [5, 5.41) is 9.25. The second-order valence-electron chi connectivity index (χ2n) is 4.54. The van der Waals surface area contributed by atoms with Gasteiger partial charge in [-0.25, -0.2) is 8.42 Å². The van der Waals surface area contributed by atoms with E-state index >= 15 is 0 Å². The minimum Gasteiger partial charge on any atom is -0.392 e. The number of hydrogen-bond acceptors (Lipinski definition) is 4. The number of benzene rings is 2. The Labute approximate surface area is 129 Å². The number of sulfonamides is 1. The van der Waals surface area contributed by atoms with E-state index in [1.165, 1.54) is 6.07 Å². The van der Waals surface area contributed by atoms with E-state index in [1.54, 1.807) is 49.0 Å². The third-order valence-electron chi connectivity index (χ3n) is 3.18. The van der Waals surface area contributed by atoms with Crippen LogP contribution in [0, 0.1) is 6.92 Å². The fourth-order valence-corrected chi connectivity index (χ4v) is 3.82. The van der Waals surface area contributed by atoms with Gasteiger partial charge in [-0.05, 0) is 48.6 Å². The molecule has 0 radical (unpaired) electrons. The summed E-state index contributed by atoms with van der Waals surface area (Å²) in [7, 11) is -3.67. The molecule has 0 fully saturated rings. The van der Waals surface area contributed by atoms with E-state index in [2.05, 4.69) is 4.72 Å². The lowest BCUT2D eigenvalue weighted by atomic mass is 10.1. The molecule has 0 aliphatic rings. The molecular weight excluding hydrogens is 306 g/mol. The number of nitrogens with one attached hydrogen (secondary N) is 1. The van der Waals surface area contributed by atoms with Crippen molar-refractivity contribution in [2.24, 2.45) is 0 Å². The molecule has 6 heteroatoms. The first-order valence-electron chi connectivity index (χ1n) is 6.34. The number of thioether (sulfide) groups is 1. The van der Waals surface area contributed by atoms with Crippen molar-refractivity contribution < 1.29 is 13.5 Å². The maximum Gasteiger partial charge on any atom is 0.262 e. The lowest BCUT2D eigenvalue weighted by Crippen LogP contribution is -2.15. The molecule has 4 nitrogen and oxygen atoms in total. The van der Waals surface area contributed by atoms with E-state index in [1.807, 2.05) is 12.3 Å². The van der Waals surface area contributed by atoms with Gasteiger partial charge in [0.25, 0.3) is 10.0 Å². The lowest BCUT2D eigenvalue weighted by molar-refractivity contribution is 0.280. The lowest BCUT2D eigenvalue weighted by Gasteiger charge is -2.13. The average Bonchev–Trinajstić information content (AvgIpc) is 2.47. The Balaban J connectivity index is 2.38. The largest absolute Gasteiger partial charge is 0.392 e. The van der Waals surface area contributed by atoms with Crippen molar-refractivity contribution in [3.05, 3.63) is 53.6 Å². The van der Waals surface area contributed by atoms with E-state index in [0.29, 0.717) is 16.8 Å². The Morgan fingerprint density at radius 3 is 2.57 bits per heavy atom. The van der Waals surface area contributed by atoms with Gasteiger partial charge in [0.05, 0.1) is 11.5 Å². The highest BCUT2D eigenvalue weighted by molar-refractivity contribution is 7.98. The third kappa shape index (κ3) is 3.58. The van der Waals surface area contributed by atoms with Crippen molar-refractivity contribution in [3.8, 4) is 0 Å². The molecule has 0 unspecified atom stereocenters. The fraction of sp³-hybridized carbons (Fsp3) is 0.200. The van der Waals surface area contributed by atoms with E-state index in [9.17, 15) is 13.5 Å². The standard InChI is InChI=1S/C15H17NO3S2/c1-11-12(10-17)5-3-8-15(11)21(18,19)16-13-6-4-7-14(9-13)20-2/h3-9,16-17H,10H2,1-2H3. The van der Waals surface area contributed by atoms with Crippen LogP contribution in [0.1, 0.15) is 11.1 Å². The highest BCUT2D eigenvalue weighted by Gasteiger charge is 2.18. The quantitative estimate of drug-likeness (QED) is 0.830. The summed E-state index contributed by atoms with van der Waals surface area (Å²) >= 11 is 1.55. The molecule has 0 saturated carbocycles. The summed E-state index contributed by atoms with van der Waals surface area (Å²) in [6, 6.07) is 12.1. The van der Waals surface area contributed by atoms with Crippen molar-refractivity contribution in [3.63, 3.8) is 0 Å². The van der Waals surface area contributed by atoms with Gasteiger partial charge in [-0.3, -0.25) is 4.72 Å². The van der Waals surface area contributed by atoms with Crippen molar-refractivity contribution in [1.29, 1.82) is 0 Å². The van der Waals surface area contributed by atoms with Crippen molar-refractivity contribution in [1.82, 2.24) is 0 Å². The minimum absolute atomic E-state index is 0.183. The zero-order chi connectivity index (χ0) is 15.5. The smallest absolute Gasteiger partial charge is 0.262 e. The average molecular weight is 323 g/mol. The van der Waals surface area contributed by atoms with Crippen molar-refractivity contribution >= 4 is 27.5 Å². The van der Waals surface area contributed by atoms with E-state index < -0.39 is 10.0 Å². The third-order valence-corrected chi connectivity index (χ3v) is 5.43. The molecule has 0 aromatic heterocycles. The van der Waals surface area contributed by atoms with Crippen LogP contribution in [0.4, 0.5) is 5.69 Å². The molecule has 112 valence electrons. The highest BCUT2D eigenvalue weighted by atomic mass is 32.2. The Kier molecular flexibility index (Phi) is 4.92. The Morgan fingerprint density at radius 2 is 1.90 bits per heavy atom. The maximum absolute atomic E-state index is 12.5. The Bertz CT molecular complexity index is 742. The Morgan fingerprint density at radius 1 is 1.19 bits per heavy atom. The first kappa shape index (κ1) is 15.9. The van der Waals surface area contributed by atoms with Crippen LogP contribution >= 0.6 is 11.8 Å². The van der Waals surface area contributed by atoms with Gasteiger partial charge in [0.15, 0.2) is 0 Å². The van der Waals surface area contributed by atoms with Crippen LogP contribution in [0.5, 0.6) is 0 Å². The van der Waals surface area contributed by atoms with Crippen molar-refractivity contribution in [2.45, 2.75) is 23.3 Å². The van der Waals surface area contributed by atoms with Gasteiger partial charge >= 0.3 is 0 Å². The molecule has 2 aromatic carbocycles. The Hall–Kier alpha value is -1.50. The monoisotopic (exact) mass is 323 g/mol. The summed E-state index contributed by atoms with van der Waals surface area (Å²) < 4.78 is 27.6. The van der Waals surface area contributed by atoms with Gasteiger partial charge in [0, 0.05) is 10.6 Å². The van der Waals surface area contributed by atoms with Gasteiger partial charge < -0.3 is 5.11 Å². The van der Waals surface area contributed by atoms with Crippen LogP contribution in [-0.4, -0.2) is 19.8 Å². The number of aliphatic hydroxyl groups is 1. The van der Waals surface area contributed by atoms with Gasteiger partial charge in [-0.1, -0.05) is 18.2 Å². The fourth-order valence-electron chi connectivity index (χ4n) is 2.02. The zero-order valence-corrected chi connectivity index (χ0v) is 13.5. The summed E-state index contributed by atoms with van der Waals surface area (Å²) in [6.45, 7) is 1.51. The molecule has 0 spiro atoms. The SMILES string of the molecule is CSc1cccc(NS(=O)(=O)c2cccc(CO)c2C)c1. The molecule has 2 N–H and O–H groups in total. The number of aliphatic hydroxyl groups excluding tert-OH is 1. The van der Waals surface area contributed by atoms with Crippen LogP contribution in [0.15, 0.2) is 52.3 Å². The first-order valence-corrected chi connectivity index (χ1v) is 9.05. The highest BCUT2D eigenvalue weighted by Crippen LogP contribution is 2.24. The van der Waals surface area contributed by atoms with Gasteiger partial charge in [0.1, 0.15) is 0 Å². The van der Waals surface area contributed by atoms with Crippen LogP contribution in [0.25, 0.3) is 0 Å². The molecule has 0 heterocycles. The van der Waals surface area contributed by atoms with Gasteiger partial charge in [-0.2, -0.15) is 0 Å². The maximum atomic E-state index is 12.5. The molecule has 0 aliphatic carbocycles. The summed E-state index contributed by atoms with van der Waals surface area (Å²) in [5.41, 5.74) is 1.69. The second kappa shape index (κ2) is 6.51. The zero-order valence-electron chi connectivity index (χ0n) is 11.8.